The Morgan fingerprint density at radius 2 is 1.64 bits per heavy atom. The van der Waals surface area contributed by atoms with Crippen molar-refractivity contribution in [1.82, 2.24) is 9.78 Å². The molecule has 1 aromatic heterocycles. The monoisotopic (exact) mass is 484 g/mol. The Morgan fingerprint density at radius 1 is 1.14 bits per heavy atom. The van der Waals surface area contributed by atoms with Gasteiger partial charge in [-0.2, -0.15) is 36.7 Å². The lowest BCUT2D eigenvalue weighted by molar-refractivity contribution is -0.137. The Hall–Kier alpha value is -1.82. The zero-order valence-corrected chi connectivity index (χ0v) is 15.9. The van der Waals surface area contributed by atoms with Crippen molar-refractivity contribution in [2.24, 2.45) is 0 Å². The number of nitriles is 1. The van der Waals surface area contributed by atoms with Crippen LogP contribution in [0.2, 0.25) is 10.0 Å². The number of alkyl halides is 6. The first-order chi connectivity index (χ1) is 12.6. The van der Waals surface area contributed by atoms with Gasteiger partial charge in [0.15, 0.2) is 10.6 Å². The molecule has 1 aromatic carbocycles. The number of nitrogens with two attached hydrogens (primary N) is 1. The molecule has 0 unspecified atom stereocenters. The third-order valence-electron chi connectivity index (χ3n) is 2.99. The normalized spacial score (nSPS) is 12.8. The molecule has 28 heavy (non-hydrogen) atoms. The SMILES string of the molecule is N#Cc1nn(-c2c(Cl)cc(C(F)(F)F)cc2Cl)c(N)c1S(=O)(=O)SC(F)(F)F. The number of anilines is 1. The summed E-state index contributed by atoms with van der Waals surface area (Å²) in [5.74, 6) is -0.989. The number of hydrogen-bond acceptors (Lipinski definition) is 6. The molecule has 2 aromatic rings. The van der Waals surface area contributed by atoms with Crippen LogP contribution in [0.25, 0.3) is 5.69 Å². The van der Waals surface area contributed by atoms with Gasteiger partial charge in [0.25, 0.3) is 0 Å². The van der Waals surface area contributed by atoms with E-state index in [1.165, 1.54) is 6.07 Å². The van der Waals surface area contributed by atoms with E-state index in [0.717, 1.165) is 0 Å². The van der Waals surface area contributed by atoms with Crippen LogP contribution in [0.5, 0.6) is 0 Å². The molecule has 0 spiro atoms. The van der Waals surface area contributed by atoms with E-state index < -0.39 is 69.1 Å². The first kappa shape index (κ1) is 22.5. The summed E-state index contributed by atoms with van der Waals surface area (Å²) >= 11 is 11.5. The van der Waals surface area contributed by atoms with Crippen molar-refractivity contribution < 1.29 is 34.8 Å². The van der Waals surface area contributed by atoms with Crippen LogP contribution in [-0.4, -0.2) is 23.7 Å². The Kier molecular flexibility index (Phi) is 5.79. The maximum atomic E-state index is 12.8. The average molecular weight is 485 g/mol. The minimum atomic E-state index is -5.24. The standard InChI is InChI=1S/C12H4Cl2F6N4O2S2/c13-5-1-4(11(15,16)17)2-6(14)8(5)24-10(22)9(7(3-21)23-24)28(25,26)27-12(18,19)20/h1-2H,22H2. The summed E-state index contributed by atoms with van der Waals surface area (Å²) < 4.78 is 100. The molecule has 0 fully saturated rings. The van der Waals surface area contributed by atoms with Gasteiger partial charge in [-0.3, -0.25) is 0 Å². The predicted molar refractivity (Wildman–Crippen MR) is 88.5 cm³/mol. The summed E-state index contributed by atoms with van der Waals surface area (Å²) in [6, 6.07) is 2.11. The zero-order chi connectivity index (χ0) is 21.7. The van der Waals surface area contributed by atoms with E-state index in [0.29, 0.717) is 16.8 Å². The molecular formula is C12H4Cl2F6N4O2S2. The summed E-state index contributed by atoms with van der Waals surface area (Å²) in [5, 5.41) is 11.1. The minimum Gasteiger partial charge on any atom is -0.382 e. The van der Waals surface area contributed by atoms with Crippen LogP contribution in [0, 0.1) is 11.3 Å². The first-order valence-electron chi connectivity index (χ1n) is 6.46. The fourth-order valence-electron chi connectivity index (χ4n) is 2.00. The lowest BCUT2D eigenvalue weighted by Gasteiger charge is -2.13. The molecule has 0 aliphatic rings. The molecule has 0 saturated heterocycles. The fourth-order valence-corrected chi connectivity index (χ4v) is 5.14. The van der Waals surface area contributed by atoms with E-state index in [2.05, 4.69) is 5.10 Å². The van der Waals surface area contributed by atoms with Gasteiger partial charge in [-0.1, -0.05) is 23.2 Å². The second-order valence-electron chi connectivity index (χ2n) is 4.86. The number of benzene rings is 1. The van der Waals surface area contributed by atoms with Gasteiger partial charge >= 0.3 is 11.7 Å². The Labute approximate surface area is 166 Å². The number of hydrogen-bond donors (Lipinski definition) is 1. The highest BCUT2D eigenvalue weighted by molar-refractivity contribution is 8.72. The van der Waals surface area contributed by atoms with Crippen molar-refractivity contribution >= 4 is 48.7 Å². The highest BCUT2D eigenvalue weighted by Crippen LogP contribution is 2.43. The summed E-state index contributed by atoms with van der Waals surface area (Å²) in [6.45, 7) is 0. The molecule has 6 nitrogen and oxygen atoms in total. The van der Waals surface area contributed by atoms with Crippen LogP contribution in [0.15, 0.2) is 17.0 Å². The van der Waals surface area contributed by atoms with Gasteiger partial charge in [0.05, 0.1) is 26.4 Å². The summed E-state index contributed by atoms with van der Waals surface area (Å²) in [6.07, 6.45) is -4.82. The highest BCUT2D eigenvalue weighted by Gasteiger charge is 2.42. The number of nitrogens with zero attached hydrogens (tertiary/aromatic N) is 3. The van der Waals surface area contributed by atoms with E-state index in [-0.39, 0.29) is 0 Å². The lowest BCUT2D eigenvalue weighted by Crippen LogP contribution is -2.11. The average Bonchev–Trinajstić information content (AvgIpc) is 2.80. The number of nitrogen functional groups attached to an aromatic ring is 1. The maximum absolute atomic E-state index is 12.8. The number of rotatable bonds is 3. The predicted octanol–water partition coefficient (Wildman–Crippen LogP) is 4.59. The van der Waals surface area contributed by atoms with E-state index in [9.17, 15) is 34.8 Å². The topological polar surface area (TPSA) is 102 Å². The molecule has 0 saturated carbocycles. The van der Waals surface area contributed by atoms with Crippen molar-refractivity contribution in [3.05, 3.63) is 33.4 Å². The third-order valence-corrected chi connectivity index (χ3v) is 6.60. The van der Waals surface area contributed by atoms with Crippen molar-refractivity contribution in [3.8, 4) is 11.8 Å². The second kappa shape index (κ2) is 7.21. The van der Waals surface area contributed by atoms with Crippen molar-refractivity contribution in [1.29, 1.82) is 5.26 Å². The smallest absolute Gasteiger partial charge is 0.382 e. The summed E-state index contributed by atoms with van der Waals surface area (Å²) in [7, 11) is -6.69. The minimum absolute atomic E-state index is 0.382. The molecule has 0 aliphatic carbocycles. The molecule has 152 valence electrons. The van der Waals surface area contributed by atoms with Gasteiger partial charge in [0.2, 0.25) is 8.87 Å². The Bertz CT molecular complexity index is 1070. The number of halogens is 8. The summed E-state index contributed by atoms with van der Waals surface area (Å²) in [4.78, 5) is -1.27. The van der Waals surface area contributed by atoms with Gasteiger partial charge in [0, 0.05) is 0 Å². The lowest BCUT2D eigenvalue weighted by atomic mass is 10.2. The van der Waals surface area contributed by atoms with Gasteiger partial charge < -0.3 is 5.73 Å². The van der Waals surface area contributed by atoms with Crippen LogP contribution in [-0.2, 0) is 15.0 Å². The van der Waals surface area contributed by atoms with E-state index in [1.807, 2.05) is 0 Å². The van der Waals surface area contributed by atoms with Crippen LogP contribution in [0.3, 0.4) is 0 Å². The van der Waals surface area contributed by atoms with Crippen LogP contribution in [0.1, 0.15) is 11.3 Å². The quantitative estimate of drug-likeness (QED) is 0.504. The van der Waals surface area contributed by atoms with Crippen molar-refractivity contribution in [3.63, 3.8) is 0 Å². The van der Waals surface area contributed by atoms with Gasteiger partial charge in [-0.15, -0.1) is 0 Å². The van der Waals surface area contributed by atoms with Gasteiger partial charge in [-0.25, -0.2) is 13.1 Å². The van der Waals surface area contributed by atoms with E-state index >= 15 is 0 Å². The molecule has 0 amide bonds. The fraction of sp³-hybridized carbons (Fsp3) is 0.167. The van der Waals surface area contributed by atoms with Gasteiger partial charge in [-0.05, 0) is 12.1 Å². The molecular weight excluding hydrogens is 481 g/mol. The first-order valence-corrected chi connectivity index (χ1v) is 10.0. The van der Waals surface area contributed by atoms with Crippen LogP contribution in [0.4, 0.5) is 32.2 Å². The maximum Gasteiger partial charge on any atom is 0.456 e. The number of aromatic nitrogens is 2. The molecule has 2 rings (SSSR count). The highest BCUT2D eigenvalue weighted by atomic mass is 35.5. The second-order valence-corrected chi connectivity index (χ2v) is 9.43. The van der Waals surface area contributed by atoms with Crippen molar-refractivity contribution in [2.45, 2.75) is 16.6 Å². The molecule has 1 heterocycles. The van der Waals surface area contributed by atoms with Crippen molar-refractivity contribution in [2.75, 3.05) is 5.73 Å². The largest absolute Gasteiger partial charge is 0.456 e. The van der Waals surface area contributed by atoms with Gasteiger partial charge in [0.1, 0.15) is 17.6 Å². The van der Waals surface area contributed by atoms with Crippen LogP contribution < -0.4 is 5.73 Å². The molecule has 0 atom stereocenters. The third kappa shape index (κ3) is 4.43. The summed E-state index contributed by atoms with van der Waals surface area (Å²) in [5.41, 5.74) is -2.53. The Morgan fingerprint density at radius 3 is 2.04 bits per heavy atom. The molecule has 2 N–H and O–H groups in total. The van der Waals surface area contributed by atoms with E-state index in [1.54, 1.807) is 0 Å². The molecule has 0 radical (unpaired) electrons. The molecule has 0 aliphatic heterocycles. The molecule has 16 heteroatoms. The Balaban J connectivity index is 2.75. The van der Waals surface area contributed by atoms with E-state index in [4.69, 9.17) is 34.2 Å². The zero-order valence-electron chi connectivity index (χ0n) is 12.7. The molecule has 0 bridgehead atoms. The van der Waals surface area contributed by atoms with Crippen LogP contribution >= 0.6 is 34.0 Å².